The number of imidazole rings is 1. The number of amides is 3. The van der Waals surface area contributed by atoms with E-state index in [9.17, 15) is 14.4 Å². The molecule has 5 aromatic rings. The van der Waals surface area contributed by atoms with Crippen molar-refractivity contribution in [3.05, 3.63) is 76.6 Å². The predicted molar refractivity (Wildman–Crippen MR) is 212 cm³/mol. The number of carbonyl (C=O) groups excluding carboxylic acids is 3. The number of pyridine rings is 2. The Balaban J connectivity index is 0.912. The topological polar surface area (TPSA) is 152 Å². The molecule has 7 heterocycles. The fraction of sp³-hybridized carbons (Fsp3) is 0.452. The first-order valence-electron chi connectivity index (χ1n) is 20.0. The summed E-state index contributed by atoms with van der Waals surface area (Å²) >= 11 is 0. The third-order valence-electron chi connectivity index (χ3n) is 12.2. The van der Waals surface area contributed by atoms with Crippen LogP contribution in [0.15, 0.2) is 42.6 Å². The molecule has 3 amide bonds. The van der Waals surface area contributed by atoms with E-state index >= 15 is 4.39 Å². The van der Waals surface area contributed by atoms with E-state index in [0.717, 1.165) is 92.1 Å². The molecule has 0 radical (unpaired) electrons. The molecule has 57 heavy (non-hydrogen) atoms. The monoisotopic (exact) mass is 774 g/mol. The number of ether oxygens (including phenoxy) is 1. The maximum atomic E-state index is 15.2. The van der Waals surface area contributed by atoms with E-state index in [-0.39, 0.29) is 30.3 Å². The van der Waals surface area contributed by atoms with Gasteiger partial charge in [-0.15, -0.1) is 0 Å². The maximum absolute atomic E-state index is 15.2. The predicted octanol–water partition coefficient (Wildman–Crippen LogP) is 4.93. The second-order valence-corrected chi connectivity index (χ2v) is 16.1. The summed E-state index contributed by atoms with van der Waals surface area (Å²) in [6, 6.07) is 11.5. The Morgan fingerprint density at radius 2 is 1.75 bits per heavy atom. The van der Waals surface area contributed by atoms with Crippen molar-refractivity contribution in [3.63, 3.8) is 0 Å². The summed E-state index contributed by atoms with van der Waals surface area (Å²) in [7, 11) is 1.86. The first kappa shape index (κ1) is 36.9. The van der Waals surface area contributed by atoms with Gasteiger partial charge in [0.1, 0.15) is 5.82 Å². The molecule has 4 aromatic heterocycles. The minimum absolute atomic E-state index is 0.117. The molecule has 4 aliphatic rings. The molecule has 296 valence electrons. The van der Waals surface area contributed by atoms with Gasteiger partial charge in [0.25, 0.3) is 5.91 Å². The quantitative estimate of drug-likeness (QED) is 0.235. The number of aromatic nitrogens is 6. The number of halogens is 1. The molecule has 1 aliphatic carbocycles. The number of carbonyl (C=O) groups is 3. The molecule has 1 aromatic carbocycles. The van der Waals surface area contributed by atoms with Crippen molar-refractivity contribution in [2.75, 3.05) is 49.5 Å². The first-order valence-corrected chi connectivity index (χ1v) is 20.0. The van der Waals surface area contributed by atoms with E-state index in [1.165, 1.54) is 6.07 Å². The highest BCUT2D eigenvalue weighted by atomic mass is 19.1. The molecule has 3 atom stereocenters. The summed E-state index contributed by atoms with van der Waals surface area (Å²) in [5.41, 5.74) is 7.19. The van der Waals surface area contributed by atoms with Crippen LogP contribution in [-0.2, 0) is 29.6 Å². The van der Waals surface area contributed by atoms with E-state index in [2.05, 4.69) is 47.2 Å². The van der Waals surface area contributed by atoms with Crippen molar-refractivity contribution in [3.8, 4) is 17.1 Å². The number of hydrogen-bond donors (Lipinski definition) is 2. The molecule has 2 saturated heterocycles. The number of piperazine rings is 1. The molecule has 1 saturated carbocycles. The van der Waals surface area contributed by atoms with Gasteiger partial charge in [-0.3, -0.25) is 39.9 Å². The number of anilines is 2. The molecule has 1 unspecified atom stereocenters. The van der Waals surface area contributed by atoms with Crippen molar-refractivity contribution in [2.45, 2.75) is 64.8 Å². The average molecular weight is 775 g/mol. The van der Waals surface area contributed by atoms with Crippen LogP contribution in [0.2, 0.25) is 0 Å². The summed E-state index contributed by atoms with van der Waals surface area (Å²) in [6.45, 7) is 9.18. The van der Waals surface area contributed by atoms with Crippen LogP contribution in [0, 0.1) is 31.5 Å². The number of imide groups is 1. The number of nitrogens with zero attached hydrogens (tertiary/aromatic N) is 8. The minimum atomic E-state index is -0.747. The number of benzene rings is 1. The fourth-order valence-electron chi connectivity index (χ4n) is 9.02. The van der Waals surface area contributed by atoms with Gasteiger partial charge >= 0.3 is 0 Å². The second kappa shape index (κ2) is 15.0. The van der Waals surface area contributed by atoms with Gasteiger partial charge in [0.2, 0.25) is 23.6 Å². The molecular weight excluding hydrogens is 728 g/mol. The smallest absolute Gasteiger partial charge is 0.258 e. The van der Waals surface area contributed by atoms with Crippen LogP contribution >= 0.6 is 0 Å². The average Bonchev–Trinajstić information content (AvgIpc) is 3.90. The lowest BCUT2D eigenvalue weighted by atomic mass is 9.93. The van der Waals surface area contributed by atoms with Gasteiger partial charge in [-0.05, 0) is 99.7 Å². The number of fused-ring (bicyclic) bond motifs is 9. The first-order chi connectivity index (χ1) is 27.6. The summed E-state index contributed by atoms with van der Waals surface area (Å²) in [4.78, 5) is 56.8. The Kier molecular flexibility index (Phi) is 9.71. The summed E-state index contributed by atoms with van der Waals surface area (Å²) in [6.07, 6.45) is 5.98. The van der Waals surface area contributed by atoms with E-state index in [1.807, 2.05) is 27.0 Å². The molecule has 14 nitrogen and oxygen atoms in total. The van der Waals surface area contributed by atoms with E-state index < -0.39 is 17.6 Å². The van der Waals surface area contributed by atoms with Crippen molar-refractivity contribution in [1.29, 1.82) is 0 Å². The van der Waals surface area contributed by atoms with Crippen LogP contribution < -0.4 is 20.3 Å². The van der Waals surface area contributed by atoms with Gasteiger partial charge in [-0.2, -0.15) is 5.10 Å². The van der Waals surface area contributed by atoms with E-state index in [4.69, 9.17) is 14.7 Å². The zero-order valence-corrected chi connectivity index (χ0v) is 32.6. The lowest BCUT2D eigenvalue weighted by Crippen LogP contribution is -2.47. The van der Waals surface area contributed by atoms with Gasteiger partial charge in [0.05, 0.1) is 46.7 Å². The van der Waals surface area contributed by atoms with E-state index in [0.29, 0.717) is 53.6 Å². The third-order valence-corrected chi connectivity index (χ3v) is 12.2. The Hall–Kier alpha value is -5.70. The molecule has 2 N–H and O–H groups in total. The van der Waals surface area contributed by atoms with Crippen molar-refractivity contribution in [1.82, 2.24) is 39.5 Å². The highest BCUT2D eigenvalue weighted by Gasteiger charge is 2.32. The number of aryl methyl sites for hydroxylation is 3. The van der Waals surface area contributed by atoms with Crippen molar-refractivity contribution in [2.24, 2.45) is 18.9 Å². The number of hydrogen-bond acceptors (Lipinski definition) is 10. The van der Waals surface area contributed by atoms with Gasteiger partial charge < -0.3 is 14.2 Å². The minimum Gasteiger partial charge on any atom is -0.477 e. The standard InChI is InChI=1S/C42H47FN10O4/c1-24-16-29-19-35(45-24)32-21-44-50(3)41(32)57-23-27-5-4-26(17-27)22-53-36-20-30(6-8-34(36)47-42(53)49-39(29)55)52-14-12-51(13-15-52)11-10-28-18-33(43)38(46-25(28)2)31-7-9-37(54)48-40(31)56/h6,8,16,18-21,26-27,31H,4-5,7,9-15,17,22-23H2,1-3H3,(H,47,49,55)(H,48,54,56)/t26-,27+,31?/m1/s1. The molecule has 15 heteroatoms. The number of nitrogens with one attached hydrogen (secondary N) is 2. The Morgan fingerprint density at radius 1 is 0.930 bits per heavy atom. The van der Waals surface area contributed by atoms with Crippen LogP contribution in [0.4, 0.5) is 16.0 Å². The van der Waals surface area contributed by atoms with Crippen LogP contribution in [0.3, 0.4) is 0 Å². The fourth-order valence-corrected chi connectivity index (χ4v) is 9.02. The van der Waals surface area contributed by atoms with Gasteiger partial charge in [-0.1, -0.05) is 0 Å². The molecule has 9 rings (SSSR count). The highest BCUT2D eigenvalue weighted by molar-refractivity contribution is 6.05. The lowest BCUT2D eigenvalue weighted by Gasteiger charge is -2.36. The largest absolute Gasteiger partial charge is 0.477 e. The number of piperidine rings is 1. The zero-order valence-electron chi connectivity index (χ0n) is 32.6. The van der Waals surface area contributed by atoms with Gasteiger partial charge in [0.15, 0.2) is 0 Å². The normalized spacial score (nSPS) is 21.6. The summed E-state index contributed by atoms with van der Waals surface area (Å²) < 4.78 is 25.6. The Morgan fingerprint density at radius 3 is 2.58 bits per heavy atom. The van der Waals surface area contributed by atoms with Crippen LogP contribution in [0.1, 0.15) is 71.0 Å². The van der Waals surface area contributed by atoms with Gasteiger partial charge in [0, 0.05) is 75.4 Å². The Bertz CT molecular complexity index is 2400. The molecule has 3 fully saturated rings. The van der Waals surface area contributed by atoms with Crippen molar-refractivity contribution < 1.29 is 23.5 Å². The SMILES string of the molecule is Cc1cc2cc(n1)-c1cnn(C)c1OC[C@H]1CC[C@H](C1)Cn1c(nc3ccc(N4CCN(CCc5cc(F)c(C6CCC(=O)NC6=O)nc5C)CC4)cc31)NC2=O. The van der Waals surface area contributed by atoms with Gasteiger partial charge in [-0.25, -0.2) is 14.1 Å². The van der Waals surface area contributed by atoms with Crippen molar-refractivity contribution >= 4 is 40.4 Å². The summed E-state index contributed by atoms with van der Waals surface area (Å²) in [5, 5.41) is 9.91. The molecule has 0 spiro atoms. The zero-order chi connectivity index (χ0) is 39.4. The summed E-state index contributed by atoms with van der Waals surface area (Å²) in [5.74, 6) is -0.307. The van der Waals surface area contributed by atoms with E-state index in [1.54, 1.807) is 23.0 Å². The van der Waals surface area contributed by atoms with Crippen LogP contribution in [0.25, 0.3) is 22.3 Å². The molecule has 4 bridgehead atoms. The second-order valence-electron chi connectivity index (χ2n) is 16.1. The molecule has 3 aliphatic heterocycles. The third kappa shape index (κ3) is 7.36. The Labute approximate surface area is 329 Å². The lowest BCUT2D eigenvalue weighted by molar-refractivity contribution is -0.134. The molecular formula is C42H47FN10O4. The van der Waals surface area contributed by atoms with Crippen LogP contribution in [0.5, 0.6) is 5.88 Å². The number of rotatable bonds is 5. The highest BCUT2D eigenvalue weighted by Crippen LogP contribution is 2.37. The van der Waals surface area contributed by atoms with Crippen LogP contribution in [-0.4, -0.2) is 91.3 Å². The maximum Gasteiger partial charge on any atom is 0.258 e.